The molecule has 0 saturated heterocycles. The van der Waals surface area contributed by atoms with Crippen LogP contribution in [-0.4, -0.2) is 0 Å². The van der Waals surface area contributed by atoms with Crippen molar-refractivity contribution in [3.8, 4) is 55.6 Å². The summed E-state index contributed by atoms with van der Waals surface area (Å²) in [6.07, 6.45) is 5.98. The molecule has 0 bridgehead atoms. The molecule has 74 heavy (non-hydrogen) atoms. The average molecular weight is 942 g/mol. The summed E-state index contributed by atoms with van der Waals surface area (Å²) in [4.78, 5) is 2.72. The van der Waals surface area contributed by atoms with E-state index in [-0.39, 0.29) is 5.41 Å². The Hall–Kier alpha value is -8.78. The molecule has 4 aliphatic rings. The fraction of sp³-hybridized carbons (Fsp3) is 0.0959. The van der Waals surface area contributed by atoms with Crippen LogP contribution >= 0.6 is 0 Å². The number of benzene rings is 12. The summed E-state index contributed by atoms with van der Waals surface area (Å²) in [5.41, 5.74) is 24.1. The minimum atomic E-state index is -0.526. The predicted octanol–water partition coefficient (Wildman–Crippen LogP) is 19.5. The van der Waals surface area contributed by atoms with Gasteiger partial charge in [-0.2, -0.15) is 0 Å². The van der Waals surface area contributed by atoms with E-state index >= 15 is 0 Å². The zero-order chi connectivity index (χ0) is 48.5. The molecule has 2 spiro atoms. The molecule has 12 aromatic rings. The summed E-state index contributed by atoms with van der Waals surface area (Å²) >= 11 is 0. The van der Waals surface area contributed by atoms with Gasteiger partial charge in [-0.15, -0.1) is 0 Å². The molecule has 0 heterocycles. The lowest BCUT2D eigenvalue weighted by Crippen LogP contribution is -2.30. The summed E-state index contributed by atoms with van der Waals surface area (Å²) in [6, 6.07) is 95.2. The van der Waals surface area contributed by atoms with Crippen LogP contribution in [0.25, 0.3) is 88.0 Å². The Morgan fingerprint density at radius 2 is 0.757 bits per heavy atom. The van der Waals surface area contributed by atoms with Crippen LogP contribution < -0.4 is 4.90 Å². The molecule has 1 fully saturated rings. The zero-order valence-corrected chi connectivity index (χ0v) is 41.2. The lowest BCUT2D eigenvalue weighted by atomic mass is 9.67. The number of rotatable bonds is 5. The molecule has 16 rings (SSSR count). The molecule has 0 aromatic heterocycles. The highest BCUT2D eigenvalue weighted by molar-refractivity contribution is 6.26. The Morgan fingerprint density at radius 3 is 1.41 bits per heavy atom. The van der Waals surface area contributed by atoms with Crippen molar-refractivity contribution in [3.63, 3.8) is 0 Å². The summed E-state index contributed by atoms with van der Waals surface area (Å²) < 4.78 is 0. The highest BCUT2D eigenvalue weighted by Crippen LogP contribution is 2.65. The third-order valence-electron chi connectivity index (χ3n) is 17.8. The minimum Gasteiger partial charge on any atom is -0.310 e. The monoisotopic (exact) mass is 941 g/mol. The van der Waals surface area contributed by atoms with Crippen LogP contribution in [0.2, 0.25) is 0 Å². The maximum atomic E-state index is 2.72. The SMILES string of the molecule is c1ccc(-c2cccc(-c3cc4c(cc3N(c3ccc5c6ccccc6c6ccccc6c5c3)c3cccc5c3C3(CCCCC3)c3ccccc3-5)C3(c5ccccc5-c5ccccc53)c3ccccc3-4)c2)cc1. The summed E-state index contributed by atoms with van der Waals surface area (Å²) in [7, 11) is 0. The van der Waals surface area contributed by atoms with Crippen molar-refractivity contribution in [2.24, 2.45) is 0 Å². The average Bonchev–Trinajstić information content (AvgIpc) is 4.07. The van der Waals surface area contributed by atoms with Gasteiger partial charge in [0, 0.05) is 16.7 Å². The molecule has 0 N–H and O–H groups in total. The van der Waals surface area contributed by atoms with Gasteiger partial charge >= 0.3 is 0 Å². The molecule has 1 nitrogen and oxygen atoms in total. The van der Waals surface area contributed by atoms with Gasteiger partial charge in [-0.1, -0.05) is 232 Å². The number of fused-ring (bicyclic) bond motifs is 21. The first-order valence-corrected chi connectivity index (χ1v) is 26.7. The number of hydrogen-bond donors (Lipinski definition) is 0. The maximum absolute atomic E-state index is 2.72. The third kappa shape index (κ3) is 5.65. The molecular weight excluding hydrogens is 891 g/mol. The Bertz CT molecular complexity index is 4220. The van der Waals surface area contributed by atoms with E-state index in [2.05, 4.69) is 254 Å². The first-order chi connectivity index (χ1) is 36.7. The third-order valence-corrected chi connectivity index (χ3v) is 17.8. The van der Waals surface area contributed by atoms with Gasteiger partial charge in [0.25, 0.3) is 0 Å². The van der Waals surface area contributed by atoms with Crippen LogP contribution in [0.5, 0.6) is 0 Å². The first-order valence-electron chi connectivity index (χ1n) is 26.7. The second kappa shape index (κ2) is 15.9. The van der Waals surface area contributed by atoms with Crippen LogP contribution in [0.15, 0.2) is 249 Å². The van der Waals surface area contributed by atoms with E-state index in [1.165, 1.54) is 152 Å². The van der Waals surface area contributed by atoms with Crippen molar-refractivity contribution in [2.45, 2.75) is 42.9 Å². The van der Waals surface area contributed by atoms with E-state index in [9.17, 15) is 0 Å². The van der Waals surface area contributed by atoms with Gasteiger partial charge in [0.05, 0.1) is 16.8 Å². The van der Waals surface area contributed by atoms with Crippen molar-refractivity contribution >= 4 is 49.4 Å². The van der Waals surface area contributed by atoms with Gasteiger partial charge in [0.15, 0.2) is 0 Å². The fourth-order valence-electron chi connectivity index (χ4n) is 14.9. The van der Waals surface area contributed by atoms with Gasteiger partial charge in [-0.05, 0) is 165 Å². The molecule has 1 heteroatoms. The number of hydrogen-bond acceptors (Lipinski definition) is 1. The van der Waals surface area contributed by atoms with Crippen molar-refractivity contribution in [1.29, 1.82) is 0 Å². The molecule has 1 saturated carbocycles. The van der Waals surface area contributed by atoms with E-state index in [1.54, 1.807) is 0 Å². The second-order valence-corrected chi connectivity index (χ2v) is 21.3. The molecule has 4 aliphatic carbocycles. The van der Waals surface area contributed by atoms with Crippen molar-refractivity contribution in [1.82, 2.24) is 0 Å². The van der Waals surface area contributed by atoms with E-state index in [1.807, 2.05) is 0 Å². The molecule has 0 radical (unpaired) electrons. The van der Waals surface area contributed by atoms with E-state index in [4.69, 9.17) is 0 Å². The summed E-state index contributed by atoms with van der Waals surface area (Å²) in [5.74, 6) is 0. The Kier molecular flexibility index (Phi) is 8.96. The highest BCUT2D eigenvalue weighted by Gasteiger charge is 2.52. The standard InChI is InChI=1S/C73H51N/c1-3-21-47(22-4-1)48-23-19-24-49(43-48)61-45-63-59-32-12-16-37-67(59)73(65-35-14-10-29-56(65)57-30-11-15-36-66(57)73)68(63)46-70(61)74(50-39-40-55-53-27-6-5-25-51(53)52-26-7-8-28-54(52)62(55)44-50)69-38-20-33-60-58-31-9-13-34-64(58)72(71(60)69)41-17-2-18-42-72/h1,3-16,19-40,43-46H,2,17-18,41-42H2. The number of nitrogens with zero attached hydrogens (tertiary/aromatic N) is 1. The normalized spacial score (nSPS) is 15.0. The second-order valence-electron chi connectivity index (χ2n) is 21.3. The van der Waals surface area contributed by atoms with Crippen molar-refractivity contribution in [2.75, 3.05) is 4.90 Å². The lowest BCUT2D eigenvalue weighted by molar-refractivity contribution is 0.353. The van der Waals surface area contributed by atoms with Crippen LogP contribution in [0.3, 0.4) is 0 Å². The van der Waals surface area contributed by atoms with Crippen LogP contribution in [0.1, 0.15) is 65.5 Å². The molecule has 0 amide bonds. The van der Waals surface area contributed by atoms with Crippen molar-refractivity contribution < 1.29 is 0 Å². The number of anilines is 3. The minimum absolute atomic E-state index is 0.107. The summed E-state index contributed by atoms with van der Waals surface area (Å²) in [6.45, 7) is 0. The van der Waals surface area contributed by atoms with Gasteiger partial charge in [-0.25, -0.2) is 0 Å². The zero-order valence-electron chi connectivity index (χ0n) is 41.2. The van der Waals surface area contributed by atoms with Crippen LogP contribution in [0.4, 0.5) is 17.1 Å². The molecule has 0 unspecified atom stereocenters. The smallest absolute Gasteiger partial charge is 0.0726 e. The lowest BCUT2D eigenvalue weighted by Gasteiger charge is -2.40. The maximum Gasteiger partial charge on any atom is 0.0726 e. The topological polar surface area (TPSA) is 3.24 Å². The van der Waals surface area contributed by atoms with Gasteiger partial charge < -0.3 is 4.90 Å². The van der Waals surface area contributed by atoms with Gasteiger partial charge in [0.2, 0.25) is 0 Å². The van der Waals surface area contributed by atoms with Gasteiger partial charge in [-0.3, -0.25) is 0 Å². The van der Waals surface area contributed by atoms with Gasteiger partial charge in [0.1, 0.15) is 0 Å². The predicted molar refractivity (Wildman–Crippen MR) is 310 cm³/mol. The van der Waals surface area contributed by atoms with Crippen LogP contribution in [0, 0.1) is 0 Å². The molecular formula is C73H51N. The van der Waals surface area contributed by atoms with Crippen molar-refractivity contribution in [3.05, 3.63) is 282 Å². The van der Waals surface area contributed by atoms with Crippen LogP contribution in [-0.2, 0) is 10.8 Å². The largest absolute Gasteiger partial charge is 0.310 e. The molecule has 348 valence electrons. The van der Waals surface area contributed by atoms with E-state index < -0.39 is 5.41 Å². The summed E-state index contributed by atoms with van der Waals surface area (Å²) in [5, 5.41) is 7.67. The fourth-order valence-corrected chi connectivity index (χ4v) is 14.9. The van der Waals surface area contributed by atoms with E-state index in [0.717, 1.165) is 18.5 Å². The molecule has 0 aliphatic heterocycles. The molecule has 12 aromatic carbocycles. The quantitative estimate of drug-likeness (QED) is 0.155. The Morgan fingerprint density at radius 1 is 0.270 bits per heavy atom. The Balaban J connectivity index is 1.07. The van der Waals surface area contributed by atoms with E-state index in [0.29, 0.717) is 0 Å². The Labute approximate surface area is 432 Å². The molecule has 0 atom stereocenters. The first kappa shape index (κ1) is 41.8. The highest BCUT2D eigenvalue weighted by atomic mass is 15.2.